The van der Waals surface area contributed by atoms with Crippen molar-refractivity contribution in [2.24, 2.45) is 5.92 Å². The molecule has 0 radical (unpaired) electrons. The van der Waals surface area contributed by atoms with Gasteiger partial charge in [0.05, 0.1) is 27.4 Å². The normalized spacial score (nSPS) is 14.4. The van der Waals surface area contributed by atoms with Crippen LogP contribution in [-0.4, -0.2) is 24.3 Å². The molecule has 10 heteroatoms. The number of benzene rings is 1. The van der Waals surface area contributed by atoms with Crippen LogP contribution in [0.3, 0.4) is 0 Å². The van der Waals surface area contributed by atoms with Gasteiger partial charge in [-0.05, 0) is 62.4 Å². The Morgan fingerprint density at radius 3 is 2.55 bits per heavy atom. The first-order valence-corrected chi connectivity index (χ1v) is 13.4. The molecule has 7 nitrogen and oxygen atoms in total. The number of sulfonamides is 1. The summed E-state index contributed by atoms with van der Waals surface area (Å²) in [5.41, 5.74) is 3.09. The number of pyridine rings is 1. The summed E-state index contributed by atoms with van der Waals surface area (Å²) in [6, 6.07) is 6.91. The lowest BCUT2D eigenvalue weighted by Crippen LogP contribution is -2.20. The summed E-state index contributed by atoms with van der Waals surface area (Å²) in [5, 5.41) is 3.79. The summed E-state index contributed by atoms with van der Waals surface area (Å²) in [6.45, 7) is 5.36. The SMILES string of the molecule is Cc1ccc(-c2sc(NC(=O)C3CCCC3)nc2C)cc1S(=O)(=O)Nc1cnc(Cl)c(C)c1. The van der Waals surface area contributed by atoms with E-state index in [0.29, 0.717) is 27.1 Å². The molecule has 0 atom stereocenters. The van der Waals surface area contributed by atoms with Crippen LogP contribution in [0, 0.1) is 26.7 Å². The van der Waals surface area contributed by atoms with E-state index in [9.17, 15) is 13.2 Å². The molecule has 0 unspecified atom stereocenters. The molecule has 174 valence electrons. The van der Waals surface area contributed by atoms with E-state index in [-0.39, 0.29) is 16.7 Å². The third-order valence-corrected chi connectivity index (χ3v) is 8.80. The number of halogens is 1. The van der Waals surface area contributed by atoms with Crippen LogP contribution in [0.15, 0.2) is 35.4 Å². The molecule has 0 bridgehead atoms. The van der Waals surface area contributed by atoms with Crippen molar-refractivity contribution in [3.8, 4) is 10.4 Å². The van der Waals surface area contributed by atoms with Crippen LogP contribution in [0.5, 0.6) is 0 Å². The van der Waals surface area contributed by atoms with Gasteiger partial charge in [-0.3, -0.25) is 9.52 Å². The van der Waals surface area contributed by atoms with Crippen LogP contribution < -0.4 is 10.0 Å². The Labute approximate surface area is 202 Å². The van der Waals surface area contributed by atoms with Gasteiger partial charge < -0.3 is 5.32 Å². The molecule has 2 aromatic heterocycles. The number of thiazole rings is 1. The first-order valence-electron chi connectivity index (χ1n) is 10.7. The third kappa shape index (κ3) is 5.20. The first kappa shape index (κ1) is 23.7. The highest BCUT2D eigenvalue weighted by Crippen LogP contribution is 2.36. The van der Waals surface area contributed by atoms with E-state index in [0.717, 1.165) is 41.8 Å². The van der Waals surface area contributed by atoms with Crippen molar-refractivity contribution in [3.63, 3.8) is 0 Å². The number of nitrogens with one attached hydrogen (secondary N) is 2. The number of carbonyl (C=O) groups is 1. The van der Waals surface area contributed by atoms with E-state index in [2.05, 4.69) is 20.0 Å². The van der Waals surface area contributed by atoms with Crippen molar-refractivity contribution in [2.45, 2.75) is 51.3 Å². The van der Waals surface area contributed by atoms with Crippen molar-refractivity contribution >= 4 is 49.7 Å². The quantitative estimate of drug-likeness (QED) is 0.418. The van der Waals surface area contributed by atoms with E-state index in [1.54, 1.807) is 32.0 Å². The average Bonchev–Trinajstić information content (AvgIpc) is 3.41. The number of anilines is 2. The van der Waals surface area contributed by atoms with Crippen LogP contribution in [0.2, 0.25) is 5.15 Å². The molecule has 2 heterocycles. The van der Waals surface area contributed by atoms with E-state index in [1.807, 2.05) is 13.0 Å². The van der Waals surface area contributed by atoms with Crippen LogP contribution in [0.4, 0.5) is 10.8 Å². The number of amides is 1. The minimum Gasteiger partial charge on any atom is -0.302 e. The van der Waals surface area contributed by atoms with Gasteiger partial charge in [-0.2, -0.15) is 0 Å². The second kappa shape index (κ2) is 9.40. The molecule has 1 amide bonds. The number of hydrogen-bond acceptors (Lipinski definition) is 6. The van der Waals surface area contributed by atoms with Gasteiger partial charge in [-0.1, -0.05) is 47.9 Å². The fourth-order valence-electron chi connectivity index (χ4n) is 3.97. The topological polar surface area (TPSA) is 101 Å². The van der Waals surface area contributed by atoms with Crippen LogP contribution in [0.25, 0.3) is 10.4 Å². The maximum absolute atomic E-state index is 13.1. The van der Waals surface area contributed by atoms with Crippen molar-refractivity contribution in [1.29, 1.82) is 0 Å². The Hall–Kier alpha value is -2.49. The van der Waals surface area contributed by atoms with Gasteiger partial charge in [0.2, 0.25) is 5.91 Å². The van der Waals surface area contributed by atoms with Gasteiger partial charge in [-0.15, -0.1) is 0 Å². The first-order chi connectivity index (χ1) is 15.6. The van der Waals surface area contributed by atoms with Crippen molar-refractivity contribution < 1.29 is 13.2 Å². The van der Waals surface area contributed by atoms with E-state index < -0.39 is 10.0 Å². The highest BCUT2D eigenvalue weighted by atomic mass is 35.5. The second-order valence-corrected chi connectivity index (χ2v) is 11.3. The van der Waals surface area contributed by atoms with Crippen molar-refractivity contribution in [3.05, 3.63) is 52.4 Å². The second-order valence-electron chi connectivity index (χ2n) is 8.32. The standard InChI is InChI=1S/C23H25ClN4O3S2/c1-13-8-9-17(11-19(13)33(30,31)28-18-10-14(2)21(24)25-12-18)20-15(3)26-23(32-20)27-22(29)16-6-4-5-7-16/h8-12,16,28H,4-7H2,1-3H3,(H,26,27,29). The average molecular weight is 505 g/mol. The Bertz CT molecular complexity index is 1320. The summed E-state index contributed by atoms with van der Waals surface area (Å²) in [5.74, 6) is 0.0573. The molecular formula is C23H25ClN4O3S2. The lowest BCUT2D eigenvalue weighted by atomic mass is 10.1. The summed E-state index contributed by atoms with van der Waals surface area (Å²) in [7, 11) is -3.86. The summed E-state index contributed by atoms with van der Waals surface area (Å²) in [4.78, 5) is 22.0. The molecule has 33 heavy (non-hydrogen) atoms. The number of rotatable bonds is 6. The highest BCUT2D eigenvalue weighted by Gasteiger charge is 2.24. The monoisotopic (exact) mass is 504 g/mol. The molecule has 0 spiro atoms. The number of aromatic nitrogens is 2. The Morgan fingerprint density at radius 1 is 1.12 bits per heavy atom. The Morgan fingerprint density at radius 2 is 1.85 bits per heavy atom. The zero-order valence-electron chi connectivity index (χ0n) is 18.6. The van der Waals surface area contributed by atoms with E-state index in [4.69, 9.17) is 11.6 Å². The number of nitrogens with zero attached hydrogens (tertiary/aromatic N) is 2. The summed E-state index contributed by atoms with van der Waals surface area (Å²) < 4.78 is 28.9. The molecule has 1 aliphatic carbocycles. The van der Waals surface area contributed by atoms with Crippen molar-refractivity contribution in [1.82, 2.24) is 9.97 Å². The van der Waals surface area contributed by atoms with Gasteiger partial charge in [0.1, 0.15) is 5.15 Å². The van der Waals surface area contributed by atoms with Gasteiger partial charge >= 0.3 is 0 Å². The zero-order chi connectivity index (χ0) is 23.8. The molecule has 2 N–H and O–H groups in total. The van der Waals surface area contributed by atoms with Crippen molar-refractivity contribution in [2.75, 3.05) is 10.0 Å². The zero-order valence-corrected chi connectivity index (χ0v) is 21.0. The number of hydrogen-bond donors (Lipinski definition) is 2. The summed E-state index contributed by atoms with van der Waals surface area (Å²) in [6.07, 6.45) is 5.38. The molecule has 1 aliphatic rings. The van der Waals surface area contributed by atoms with Gasteiger partial charge in [-0.25, -0.2) is 18.4 Å². The molecule has 1 aromatic carbocycles. The molecule has 4 rings (SSSR count). The van der Waals surface area contributed by atoms with Gasteiger partial charge in [0.15, 0.2) is 5.13 Å². The fourth-order valence-corrected chi connectivity index (χ4v) is 6.34. The predicted molar refractivity (Wildman–Crippen MR) is 132 cm³/mol. The Balaban J connectivity index is 1.61. The minimum absolute atomic E-state index is 0.0102. The largest absolute Gasteiger partial charge is 0.302 e. The maximum atomic E-state index is 13.1. The lowest BCUT2D eigenvalue weighted by molar-refractivity contribution is -0.119. The fraction of sp³-hybridized carbons (Fsp3) is 0.348. The maximum Gasteiger partial charge on any atom is 0.262 e. The van der Waals surface area contributed by atoms with Gasteiger partial charge in [0, 0.05) is 5.92 Å². The van der Waals surface area contributed by atoms with E-state index in [1.165, 1.54) is 17.5 Å². The third-order valence-electron chi connectivity index (χ3n) is 5.76. The predicted octanol–water partition coefficient (Wildman–Crippen LogP) is 5.71. The molecule has 1 fully saturated rings. The molecular weight excluding hydrogens is 480 g/mol. The highest BCUT2D eigenvalue weighted by molar-refractivity contribution is 7.92. The number of carbonyl (C=O) groups excluding carboxylic acids is 1. The molecule has 1 saturated carbocycles. The molecule has 0 saturated heterocycles. The van der Waals surface area contributed by atoms with Crippen LogP contribution in [0.1, 0.15) is 42.5 Å². The molecule has 0 aliphatic heterocycles. The lowest BCUT2D eigenvalue weighted by Gasteiger charge is -2.12. The van der Waals surface area contributed by atoms with Gasteiger partial charge in [0.25, 0.3) is 10.0 Å². The smallest absolute Gasteiger partial charge is 0.262 e. The molecule has 3 aromatic rings. The minimum atomic E-state index is -3.86. The number of aryl methyl sites for hydroxylation is 3. The van der Waals surface area contributed by atoms with Crippen LogP contribution >= 0.6 is 22.9 Å². The Kier molecular flexibility index (Phi) is 6.74. The summed E-state index contributed by atoms with van der Waals surface area (Å²) >= 11 is 7.30. The van der Waals surface area contributed by atoms with E-state index >= 15 is 0 Å². The van der Waals surface area contributed by atoms with Crippen LogP contribution in [-0.2, 0) is 14.8 Å².